The van der Waals surface area contributed by atoms with Crippen LogP contribution < -0.4 is 5.32 Å². The predicted octanol–water partition coefficient (Wildman–Crippen LogP) is 1.35. The zero-order chi connectivity index (χ0) is 14.9. The molecule has 1 unspecified atom stereocenters. The maximum absolute atomic E-state index is 12.3. The van der Waals surface area contributed by atoms with Gasteiger partial charge in [-0.2, -0.15) is 0 Å². The molecule has 0 radical (unpaired) electrons. The van der Waals surface area contributed by atoms with E-state index in [2.05, 4.69) is 5.32 Å². The Morgan fingerprint density at radius 3 is 2.76 bits per heavy atom. The van der Waals surface area contributed by atoms with Gasteiger partial charge in [-0.25, -0.2) is 0 Å². The van der Waals surface area contributed by atoms with E-state index in [4.69, 9.17) is 5.11 Å². The van der Waals surface area contributed by atoms with Crippen molar-refractivity contribution >= 4 is 23.2 Å². The smallest absolute Gasteiger partial charge is 0.320 e. The molecule has 5 nitrogen and oxygen atoms in total. The first-order valence-corrected chi connectivity index (χ1v) is 8.22. The van der Waals surface area contributed by atoms with Crippen molar-refractivity contribution in [2.24, 2.45) is 5.41 Å². The molecular weight excluding hydrogens is 288 g/mol. The van der Waals surface area contributed by atoms with Crippen LogP contribution in [0.2, 0.25) is 0 Å². The molecule has 2 aliphatic rings. The number of nitrogens with one attached hydrogen (secondary N) is 1. The summed E-state index contributed by atoms with van der Waals surface area (Å²) in [6.45, 7) is 2.26. The number of carbonyl (C=O) groups excluding carboxylic acids is 1. The molecular formula is C15H20N2O3S. The first-order chi connectivity index (χ1) is 10.1. The molecule has 6 heteroatoms. The first kappa shape index (κ1) is 14.5. The fourth-order valence-corrected chi connectivity index (χ4v) is 4.07. The van der Waals surface area contributed by atoms with Crippen molar-refractivity contribution in [3.05, 3.63) is 22.4 Å². The van der Waals surface area contributed by atoms with Crippen molar-refractivity contribution in [2.45, 2.75) is 31.7 Å². The quantitative estimate of drug-likeness (QED) is 0.884. The second-order valence-electron chi connectivity index (χ2n) is 6.11. The van der Waals surface area contributed by atoms with Gasteiger partial charge in [0.05, 0.1) is 6.42 Å². The molecule has 1 aromatic rings. The number of aliphatic carboxylic acids is 1. The summed E-state index contributed by atoms with van der Waals surface area (Å²) in [4.78, 5) is 26.4. The summed E-state index contributed by atoms with van der Waals surface area (Å²) in [5.74, 6) is -0.573. The minimum atomic E-state index is -0.761. The molecule has 3 heterocycles. The van der Waals surface area contributed by atoms with Gasteiger partial charge in [0.1, 0.15) is 6.04 Å². The average Bonchev–Trinajstić information content (AvgIpc) is 3.10. The molecule has 1 aromatic heterocycles. The fourth-order valence-electron chi connectivity index (χ4n) is 3.38. The monoisotopic (exact) mass is 308 g/mol. The van der Waals surface area contributed by atoms with Gasteiger partial charge in [-0.05, 0) is 36.1 Å². The molecule has 2 saturated heterocycles. The van der Waals surface area contributed by atoms with E-state index in [1.807, 2.05) is 22.4 Å². The van der Waals surface area contributed by atoms with E-state index in [-0.39, 0.29) is 11.3 Å². The summed E-state index contributed by atoms with van der Waals surface area (Å²) >= 11 is 1.61. The van der Waals surface area contributed by atoms with Gasteiger partial charge < -0.3 is 15.3 Å². The van der Waals surface area contributed by atoms with Crippen molar-refractivity contribution in [3.63, 3.8) is 0 Å². The average molecular weight is 308 g/mol. The number of thiophene rings is 1. The maximum Gasteiger partial charge on any atom is 0.320 e. The van der Waals surface area contributed by atoms with Crippen LogP contribution in [0.5, 0.6) is 0 Å². The zero-order valence-electron chi connectivity index (χ0n) is 11.9. The molecule has 1 atom stereocenters. The van der Waals surface area contributed by atoms with E-state index in [0.717, 1.165) is 37.4 Å². The molecule has 0 aliphatic carbocycles. The lowest BCUT2D eigenvalue weighted by molar-refractivity contribution is -0.139. The largest absolute Gasteiger partial charge is 0.480 e. The Morgan fingerprint density at radius 2 is 2.19 bits per heavy atom. The number of carboxylic acid groups (broad SMARTS) is 1. The number of amides is 1. The highest BCUT2D eigenvalue weighted by molar-refractivity contribution is 7.10. The molecule has 21 heavy (non-hydrogen) atoms. The number of rotatable bonds is 3. The summed E-state index contributed by atoms with van der Waals surface area (Å²) < 4.78 is 0. The minimum Gasteiger partial charge on any atom is -0.480 e. The Bertz CT molecular complexity index is 521. The molecule has 3 rings (SSSR count). The predicted molar refractivity (Wildman–Crippen MR) is 80.3 cm³/mol. The van der Waals surface area contributed by atoms with Crippen LogP contribution in [-0.4, -0.2) is 47.6 Å². The minimum absolute atomic E-state index is 0.0722. The van der Waals surface area contributed by atoms with Gasteiger partial charge in [-0.1, -0.05) is 6.07 Å². The molecule has 114 valence electrons. The van der Waals surface area contributed by atoms with Gasteiger partial charge in [-0.3, -0.25) is 9.59 Å². The summed E-state index contributed by atoms with van der Waals surface area (Å²) in [6.07, 6.45) is 2.98. The number of nitrogens with zero attached hydrogens (tertiary/aromatic N) is 1. The van der Waals surface area contributed by atoms with E-state index >= 15 is 0 Å². The van der Waals surface area contributed by atoms with Crippen LogP contribution in [0.15, 0.2) is 17.5 Å². The number of hydrogen-bond donors (Lipinski definition) is 2. The van der Waals surface area contributed by atoms with Crippen molar-refractivity contribution in [3.8, 4) is 0 Å². The van der Waals surface area contributed by atoms with Crippen molar-refractivity contribution in [1.82, 2.24) is 10.2 Å². The third-order valence-electron chi connectivity index (χ3n) is 4.74. The summed E-state index contributed by atoms with van der Waals surface area (Å²) in [5.41, 5.74) is 0.0722. The molecule has 2 fully saturated rings. The van der Waals surface area contributed by atoms with Crippen molar-refractivity contribution in [2.75, 3.05) is 19.6 Å². The van der Waals surface area contributed by atoms with Crippen molar-refractivity contribution < 1.29 is 14.7 Å². The van der Waals surface area contributed by atoms with Crippen LogP contribution >= 0.6 is 11.3 Å². The van der Waals surface area contributed by atoms with Crippen molar-refractivity contribution in [1.29, 1.82) is 0 Å². The topological polar surface area (TPSA) is 69.6 Å². The van der Waals surface area contributed by atoms with Crippen LogP contribution in [0.25, 0.3) is 0 Å². The van der Waals surface area contributed by atoms with Gasteiger partial charge in [-0.15, -0.1) is 11.3 Å². The lowest BCUT2D eigenvalue weighted by Gasteiger charge is -2.39. The Kier molecular flexibility index (Phi) is 3.99. The Labute approximate surface area is 128 Å². The van der Waals surface area contributed by atoms with E-state index in [9.17, 15) is 9.59 Å². The summed E-state index contributed by atoms with van der Waals surface area (Å²) in [5, 5.41) is 14.2. The molecule has 2 N–H and O–H groups in total. The molecule has 2 aliphatic heterocycles. The Morgan fingerprint density at radius 1 is 1.43 bits per heavy atom. The van der Waals surface area contributed by atoms with Crippen LogP contribution in [0, 0.1) is 5.41 Å². The number of carboxylic acids is 1. The van der Waals surface area contributed by atoms with Crippen LogP contribution in [0.3, 0.4) is 0 Å². The third-order valence-corrected chi connectivity index (χ3v) is 5.62. The first-order valence-electron chi connectivity index (χ1n) is 7.34. The normalized spacial score (nSPS) is 24.4. The fraction of sp³-hybridized carbons (Fsp3) is 0.600. The van der Waals surface area contributed by atoms with E-state index < -0.39 is 12.0 Å². The van der Waals surface area contributed by atoms with E-state index in [1.165, 1.54) is 0 Å². The lowest BCUT2D eigenvalue weighted by atomic mass is 9.76. The Balaban J connectivity index is 1.53. The van der Waals surface area contributed by atoms with Gasteiger partial charge in [0.2, 0.25) is 5.91 Å². The second kappa shape index (κ2) is 5.77. The van der Waals surface area contributed by atoms with Crippen LogP contribution in [0.4, 0.5) is 0 Å². The molecule has 0 aromatic carbocycles. The standard InChI is InChI=1S/C15H20N2O3S/c18-13(8-11-2-1-7-21-11)17-5-3-15(4-6-17)9-12(14(19)20)16-10-15/h1-2,7,12,16H,3-6,8-10H2,(H,19,20). The van der Waals surface area contributed by atoms with E-state index in [0.29, 0.717) is 12.8 Å². The SMILES string of the molecule is O=C(O)C1CC2(CCN(C(=O)Cc3cccs3)CC2)CN1. The van der Waals surface area contributed by atoms with Gasteiger partial charge in [0.25, 0.3) is 0 Å². The molecule has 1 spiro atoms. The maximum atomic E-state index is 12.3. The summed E-state index contributed by atoms with van der Waals surface area (Å²) in [6, 6.07) is 3.54. The van der Waals surface area contributed by atoms with E-state index in [1.54, 1.807) is 11.3 Å². The van der Waals surface area contributed by atoms with Gasteiger partial charge in [0.15, 0.2) is 0 Å². The number of carbonyl (C=O) groups is 2. The molecule has 1 amide bonds. The highest BCUT2D eigenvalue weighted by Gasteiger charge is 2.44. The molecule has 0 bridgehead atoms. The van der Waals surface area contributed by atoms with Crippen LogP contribution in [-0.2, 0) is 16.0 Å². The van der Waals surface area contributed by atoms with Gasteiger partial charge in [0, 0.05) is 24.5 Å². The second-order valence-corrected chi connectivity index (χ2v) is 7.15. The number of likely N-dealkylation sites (tertiary alicyclic amines) is 1. The number of hydrogen-bond acceptors (Lipinski definition) is 4. The highest BCUT2D eigenvalue weighted by Crippen LogP contribution is 2.39. The third kappa shape index (κ3) is 3.11. The Hall–Kier alpha value is -1.40. The van der Waals surface area contributed by atoms with Gasteiger partial charge >= 0.3 is 5.97 Å². The lowest BCUT2D eigenvalue weighted by Crippen LogP contribution is -2.44. The molecule has 0 saturated carbocycles. The number of piperidine rings is 1. The van der Waals surface area contributed by atoms with Crippen LogP contribution in [0.1, 0.15) is 24.1 Å². The summed E-state index contributed by atoms with van der Waals surface area (Å²) in [7, 11) is 0. The zero-order valence-corrected chi connectivity index (χ0v) is 12.7. The highest BCUT2D eigenvalue weighted by atomic mass is 32.1.